The van der Waals surface area contributed by atoms with Crippen molar-refractivity contribution < 1.29 is 32.5 Å². The summed E-state index contributed by atoms with van der Waals surface area (Å²) in [6.07, 6.45) is 0. The van der Waals surface area contributed by atoms with E-state index < -0.39 is 23.0 Å². The quantitative estimate of drug-likeness (QED) is 0.276. The van der Waals surface area contributed by atoms with Crippen LogP contribution < -0.4 is 0 Å². The SMILES string of the molecule is O=C(O)CO.O=S(=O)(O)O.[NaH]. The van der Waals surface area contributed by atoms with Crippen molar-refractivity contribution in [2.75, 3.05) is 6.61 Å². The van der Waals surface area contributed by atoms with Crippen LogP contribution in [0.25, 0.3) is 0 Å². The zero-order valence-electron chi connectivity index (χ0n) is 4.63. The standard InChI is InChI=1S/C2H4O3.Na.H2O4S.H/c3-1-2(4)5;;1-5(2,3)4;/h3H,1H2,(H,4,5);;(H2,1,2,3,4);. The molecule has 0 aromatic carbocycles. The first-order chi connectivity index (χ1) is 4.27. The van der Waals surface area contributed by atoms with Crippen LogP contribution in [0.5, 0.6) is 0 Å². The van der Waals surface area contributed by atoms with E-state index in [1.165, 1.54) is 0 Å². The van der Waals surface area contributed by atoms with Crippen molar-refractivity contribution in [3.63, 3.8) is 0 Å². The summed E-state index contributed by atoms with van der Waals surface area (Å²) in [5, 5.41) is 15.0. The van der Waals surface area contributed by atoms with Crippen LogP contribution in [0.3, 0.4) is 0 Å². The van der Waals surface area contributed by atoms with Gasteiger partial charge in [-0.25, -0.2) is 4.79 Å². The van der Waals surface area contributed by atoms with Gasteiger partial charge in [0.2, 0.25) is 0 Å². The Morgan fingerprint density at radius 1 is 1.27 bits per heavy atom. The minimum absolute atomic E-state index is 0. The van der Waals surface area contributed by atoms with Gasteiger partial charge >= 0.3 is 45.9 Å². The number of aliphatic hydroxyl groups is 1. The topological polar surface area (TPSA) is 132 Å². The van der Waals surface area contributed by atoms with E-state index >= 15 is 0 Å². The van der Waals surface area contributed by atoms with Gasteiger partial charge in [-0.3, -0.25) is 9.11 Å². The molecule has 0 aliphatic heterocycles. The van der Waals surface area contributed by atoms with Crippen LogP contribution >= 0.6 is 0 Å². The molecule has 0 radical (unpaired) electrons. The Kier molecular flexibility index (Phi) is 13.3. The molecular weight excluding hydrogens is 191 g/mol. The molecule has 0 aliphatic carbocycles. The zero-order valence-corrected chi connectivity index (χ0v) is 5.45. The first-order valence-electron chi connectivity index (χ1n) is 1.80. The third-order valence-corrected chi connectivity index (χ3v) is 0.135. The molecular formula is C2H7NaO7S. The average Bonchev–Trinajstić information content (AvgIpc) is 1.61. The van der Waals surface area contributed by atoms with Crippen LogP contribution in [0.2, 0.25) is 0 Å². The van der Waals surface area contributed by atoms with Crippen LogP contribution in [0.15, 0.2) is 0 Å². The number of hydrogen-bond donors (Lipinski definition) is 4. The van der Waals surface area contributed by atoms with Crippen LogP contribution in [-0.2, 0) is 15.2 Å². The summed E-state index contributed by atoms with van der Waals surface area (Å²) in [4.78, 5) is 9.12. The van der Waals surface area contributed by atoms with Gasteiger partial charge in [0.05, 0.1) is 0 Å². The fourth-order valence-electron chi connectivity index (χ4n) is 0. The molecule has 0 amide bonds. The van der Waals surface area contributed by atoms with Gasteiger partial charge in [-0.05, 0) is 0 Å². The molecule has 0 spiro atoms. The van der Waals surface area contributed by atoms with Crippen molar-refractivity contribution >= 4 is 45.9 Å². The molecule has 7 nitrogen and oxygen atoms in total. The molecule has 0 fully saturated rings. The molecule has 0 unspecified atom stereocenters. The van der Waals surface area contributed by atoms with Gasteiger partial charge in [0, 0.05) is 0 Å². The van der Waals surface area contributed by atoms with Crippen molar-refractivity contribution in [2.45, 2.75) is 0 Å². The Labute approximate surface area is 84.9 Å². The molecule has 0 saturated heterocycles. The number of carboxylic acid groups (broad SMARTS) is 1. The molecule has 0 aromatic heterocycles. The van der Waals surface area contributed by atoms with E-state index in [4.69, 9.17) is 32.5 Å². The van der Waals surface area contributed by atoms with Gasteiger partial charge in [0.15, 0.2) is 0 Å². The molecule has 0 saturated carbocycles. The summed E-state index contributed by atoms with van der Waals surface area (Å²) >= 11 is 0. The van der Waals surface area contributed by atoms with Crippen molar-refractivity contribution in [3.05, 3.63) is 0 Å². The first-order valence-corrected chi connectivity index (χ1v) is 3.19. The summed E-state index contributed by atoms with van der Waals surface area (Å²) in [5.41, 5.74) is 0. The summed E-state index contributed by atoms with van der Waals surface area (Å²) in [6.45, 7) is -0.778. The fraction of sp³-hybridized carbons (Fsp3) is 0.500. The molecule has 0 heterocycles. The summed E-state index contributed by atoms with van der Waals surface area (Å²) in [7, 11) is -4.67. The van der Waals surface area contributed by atoms with Gasteiger partial charge in [0.1, 0.15) is 6.61 Å². The van der Waals surface area contributed by atoms with E-state index in [2.05, 4.69) is 0 Å². The Hall–Kier alpha value is 0.300. The molecule has 0 rings (SSSR count). The van der Waals surface area contributed by atoms with E-state index in [0.29, 0.717) is 0 Å². The van der Waals surface area contributed by atoms with Crippen molar-refractivity contribution in [2.24, 2.45) is 0 Å². The fourth-order valence-corrected chi connectivity index (χ4v) is 0. The van der Waals surface area contributed by atoms with Crippen molar-refractivity contribution in [1.29, 1.82) is 0 Å². The Bertz CT molecular complexity index is 175. The molecule has 11 heavy (non-hydrogen) atoms. The van der Waals surface area contributed by atoms with E-state index in [-0.39, 0.29) is 29.6 Å². The maximum absolute atomic E-state index is 9.12. The second kappa shape index (κ2) is 8.40. The van der Waals surface area contributed by atoms with Crippen molar-refractivity contribution in [1.82, 2.24) is 0 Å². The Morgan fingerprint density at radius 2 is 1.36 bits per heavy atom. The third kappa shape index (κ3) is 134. The normalized spacial score (nSPS) is 8.64. The Balaban J connectivity index is -0.000000107. The zero-order chi connectivity index (χ0) is 8.78. The van der Waals surface area contributed by atoms with Crippen LogP contribution in [0.1, 0.15) is 0 Å². The van der Waals surface area contributed by atoms with Crippen LogP contribution in [0.4, 0.5) is 0 Å². The summed E-state index contributed by atoms with van der Waals surface area (Å²) in [6, 6.07) is 0. The van der Waals surface area contributed by atoms with Gasteiger partial charge < -0.3 is 10.2 Å². The van der Waals surface area contributed by atoms with E-state index in [1.54, 1.807) is 0 Å². The first kappa shape index (κ1) is 17.4. The van der Waals surface area contributed by atoms with Crippen LogP contribution in [-0.4, -0.2) is 69.9 Å². The molecule has 64 valence electrons. The number of hydrogen-bond acceptors (Lipinski definition) is 4. The second-order valence-electron chi connectivity index (χ2n) is 1.000. The number of rotatable bonds is 1. The molecule has 0 aromatic rings. The average molecular weight is 198 g/mol. The van der Waals surface area contributed by atoms with E-state index in [0.717, 1.165) is 0 Å². The maximum atomic E-state index is 9.12. The molecule has 4 N–H and O–H groups in total. The summed E-state index contributed by atoms with van der Waals surface area (Å²) < 4.78 is 31.6. The molecule has 9 heteroatoms. The Morgan fingerprint density at radius 3 is 1.36 bits per heavy atom. The van der Waals surface area contributed by atoms with Crippen LogP contribution in [0, 0.1) is 0 Å². The third-order valence-electron chi connectivity index (χ3n) is 0.135. The van der Waals surface area contributed by atoms with Gasteiger partial charge in [-0.1, -0.05) is 0 Å². The van der Waals surface area contributed by atoms with Gasteiger partial charge in [-0.15, -0.1) is 0 Å². The number of aliphatic carboxylic acids is 1. The monoisotopic (exact) mass is 198 g/mol. The molecule has 0 bridgehead atoms. The molecule has 0 aliphatic rings. The predicted octanol–water partition coefficient (Wildman–Crippen LogP) is -2.24. The molecule has 0 atom stereocenters. The van der Waals surface area contributed by atoms with Gasteiger partial charge in [0.25, 0.3) is 0 Å². The number of aliphatic hydroxyl groups excluding tert-OH is 1. The van der Waals surface area contributed by atoms with Gasteiger partial charge in [-0.2, -0.15) is 8.42 Å². The van der Waals surface area contributed by atoms with E-state index in [9.17, 15) is 0 Å². The summed E-state index contributed by atoms with van der Waals surface area (Å²) in [5.74, 6) is -1.19. The second-order valence-corrected chi connectivity index (χ2v) is 1.90. The predicted molar refractivity (Wildman–Crippen MR) is 36.0 cm³/mol. The minimum atomic E-state index is -4.67. The van der Waals surface area contributed by atoms with Crippen molar-refractivity contribution in [3.8, 4) is 0 Å². The number of carboxylic acids is 1. The van der Waals surface area contributed by atoms with E-state index in [1.807, 2.05) is 0 Å². The number of carbonyl (C=O) groups is 1.